The molecule has 0 bridgehead atoms. The van der Waals surface area contributed by atoms with E-state index >= 15 is 0 Å². The highest BCUT2D eigenvalue weighted by atomic mass is 32.1. The van der Waals surface area contributed by atoms with Crippen molar-refractivity contribution in [3.05, 3.63) is 46.4 Å². The lowest BCUT2D eigenvalue weighted by Gasteiger charge is -2.04. The van der Waals surface area contributed by atoms with Gasteiger partial charge in [0.25, 0.3) is 0 Å². The van der Waals surface area contributed by atoms with Crippen molar-refractivity contribution in [2.75, 3.05) is 5.32 Å². The monoisotopic (exact) mass is 229 g/mol. The van der Waals surface area contributed by atoms with Gasteiger partial charge in [-0.1, -0.05) is 12.1 Å². The zero-order chi connectivity index (χ0) is 11.2. The van der Waals surface area contributed by atoms with E-state index < -0.39 is 0 Å². The van der Waals surface area contributed by atoms with Crippen molar-refractivity contribution in [3.63, 3.8) is 0 Å². The molecule has 2 rings (SSSR count). The van der Waals surface area contributed by atoms with Crippen molar-refractivity contribution in [3.8, 4) is 6.07 Å². The lowest BCUT2D eigenvalue weighted by atomic mass is 10.1. The van der Waals surface area contributed by atoms with Crippen LogP contribution in [0.3, 0.4) is 0 Å². The number of benzene rings is 1. The fraction of sp³-hybridized carbons (Fsp3) is 0.167. The third kappa shape index (κ3) is 2.81. The van der Waals surface area contributed by atoms with Crippen LogP contribution in [0.4, 0.5) is 5.69 Å². The molecular weight excluding hydrogens is 218 g/mol. The number of rotatable bonds is 4. The summed E-state index contributed by atoms with van der Waals surface area (Å²) in [6.07, 6.45) is 2.27. The number of nitriles is 1. The molecule has 0 fully saturated rings. The van der Waals surface area contributed by atoms with E-state index in [-0.39, 0.29) is 0 Å². The summed E-state index contributed by atoms with van der Waals surface area (Å²) in [5, 5.41) is 14.9. The molecule has 0 aliphatic heterocycles. The zero-order valence-electron chi connectivity index (χ0n) is 8.68. The summed E-state index contributed by atoms with van der Waals surface area (Å²) in [5.74, 6) is 0. The lowest BCUT2D eigenvalue weighted by molar-refractivity contribution is 1.10. The van der Waals surface area contributed by atoms with Crippen LogP contribution in [-0.4, -0.2) is 4.98 Å². The van der Waals surface area contributed by atoms with Crippen LogP contribution >= 0.6 is 11.3 Å². The molecule has 3 nitrogen and oxygen atoms in total. The third-order valence-corrected chi connectivity index (χ3v) is 2.94. The van der Waals surface area contributed by atoms with Crippen LogP contribution in [-0.2, 0) is 13.0 Å². The second kappa shape index (κ2) is 5.29. The molecular formula is C12H11N3S. The zero-order valence-corrected chi connectivity index (χ0v) is 9.50. The van der Waals surface area contributed by atoms with Crippen LogP contribution in [0, 0.1) is 11.3 Å². The number of anilines is 1. The highest BCUT2D eigenvalue weighted by Gasteiger charge is 1.96. The largest absolute Gasteiger partial charge is 0.379 e. The van der Waals surface area contributed by atoms with Crippen LogP contribution in [0.1, 0.15) is 10.6 Å². The molecule has 1 aromatic carbocycles. The number of hydrogen-bond acceptors (Lipinski definition) is 4. The molecule has 16 heavy (non-hydrogen) atoms. The van der Waals surface area contributed by atoms with Gasteiger partial charge in [0.2, 0.25) is 0 Å². The van der Waals surface area contributed by atoms with E-state index in [0.29, 0.717) is 6.42 Å². The van der Waals surface area contributed by atoms with Crippen molar-refractivity contribution in [2.45, 2.75) is 13.0 Å². The molecule has 0 aliphatic rings. The van der Waals surface area contributed by atoms with Crippen LogP contribution in [0.5, 0.6) is 0 Å². The Hall–Kier alpha value is -1.86. The van der Waals surface area contributed by atoms with E-state index in [1.54, 1.807) is 17.5 Å². The number of thiazole rings is 1. The Morgan fingerprint density at radius 1 is 1.31 bits per heavy atom. The molecule has 0 saturated heterocycles. The van der Waals surface area contributed by atoms with Gasteiger partial charge in [0.1, 0.15) is 5.01 Å². The third-order valence-electron chi connectivity index (χ3n) is 2.16. The van der Waals surface area contributed by atoms with E-state index in [4.69, 9.17) is 5.26 Å². The van der Waals surface area contributed by atoms with Gasteiger partial charge in [0.05, 0.1) is 19.0 Å². The van der Waals surface area contributed by atoms with Gasteiger partial charge in [-0.2, -0.15) is 5.26 Å². The molecule has 1 N–H and O–H groups in total. The van der Waals surface area contributed by atoms with Gasteiger partial charge < -0.3 is 5.32 Å². The van der Waals surface area contributed by atoms with E-state index in [9.17, 15) is 0 Å². The first-order valence-electron chi connectivity index (χ1n) is 4.96. The summed E-state index contributed by atoms with van der Waals surface area (Å²) >= 11 is 1.64. The molecule has 0 unspecified atom stereocenters. The summed E-state index contributed by atoms with van der Waals surface area (Å²) in [7, 11) is 0. The predicted molar refractivity (Wildman–Crippen MR) is 65.2 cm³/mol. The van der Waals surface area contributed by atoms with Crippen LogP contribution in [0.2, 0.25) is 0 Å². The summed E-state index contributed by atoms with van der Waals surface area (Å²) in [4.78, 5) is 4.19. The van der Waals surface area contributed by atoms with E-state index in [2.05, 4.69) is 16.4 Å². The molecule has 0 saturated carbocycles. The van der Waals surface area contributed by atoms with E-state index in [0.717, 1.165) is 22.8 Å². The summed E-state index contributed by atoms with van der Waals surface area (Å²) in [5.41, 5.74) is 2.10. The second-order valence-corrected chi connectivity index (χ2v) is 4.29. The van der Waals surface area contributed by atoms with E-state index in [1.165, 1.54) is 0 Å². The van der Waals surface area contributed by atoms with E-state index in [1.807, 2.05) is 29.6 Å². The topological polar surface area (TPSA) is 48.7 Å². The Balaban J connectivity index is 1.93. The Kier molecular flexibility index (Phi) is 3.52. The Morgan fingerprint density at radius 3 is 2.75 bits per heavy atom. The van der Waals surface area contributed by atoms with Crippen molar-refractivity contribution in [1.29, 1.82) is 5.26 Å². The maximum Gasteiger partial charge on any atom is 0.112 e. The summed E-state index contributed by atoms with van der Waals surface area (Å²) < 4.78 is 0. The second-order valence-electron chi connectivity index (χ2n) is 3.31. The quantitative estimate of drug-likeness (QED) is 0.877. The van der Waals surface area contributed by atoms with Crippen molar-refractivity contribution in [2.24, 2.45) is 0 Å². The smallest absolute Gasteiger partial charge is 0.112 e. The minimum atomic E-state index is 0.465. The first-order valence-corrected chi connectivity index (χ1v) is 5.84. The minimum Gasteiger partial charge on any atom is -0.379 e. The highest BCUT2D eigenvalue weighted by Crippen LogP contribution is 2.12. The van der Waals surface area contributed by atoms with Gasteiger partial charge in [0.15, 0.2) is 0 Å². The fourth-order valence-electron chi connectivity index (χ4n) is 1.35. The maximum absolute atomic E-state index is 8.54. The van der Waals surface area contributed by atoms with Gasteiger partial charge >= 0.3 is 0 Å². The summed E-state index contributed by atoms with van der Waals surface area (Å²) in [6.45, 7) is 0.745. The average Bonchev–Trinajstić information content (AvgIpc) is 2.82. The van der Waals surface area contributed by atoms with Crippen LogP contribution in [0.25, 0.3) is 0 Å². The van der Waals surface area contributed by atoms with Gasteiger partial charge in [-0.3, -0.25) is 0 Å². The fourth-order valence-corrected chi connectivity index (χ4v) is 1.91. The Morgan fingerprint density at radius 2 is 2.12 bits per heavy atom. The molecule has 2 aromatic rings. The summed E-state index contributed by atoms with van der Waals surface area (Å²) in [6, 6.07) is 10.0. The van der Waals surface area contributed by atoms with Crippen molar-refractivity contribution >= 4 is 17.0 Å². The minimum absolute atomic E-state index is 0.465. The molecule has 0 atom stereocenters. The molecule has 0 spiro atoms. The molecule has 1 heterocycles. The lowest BCUT2D eigenvalue weighted by Crippen LogP contribution is -1.98. The van der Waals surface area contributed by atoms with Gasteiger partial charge in [-0.05, 0) is 17.7 Å². The average molecular weight is 229 g/mol. The SMILES string of the molecule is N#CCc1ccc(NCc2nccs2)cc1. The van der Waals surface area contributed by atoms with Crippen molar-refractivity contribution in [1.82, 2.24) is 4.98 Å². The Bertz CT molecular complexity index is 468. The molecule has 1 aromatic heterocycles. The van der Waals surface area contributed by atoms with Crippen LogP contribution in [0.15, 0.2) is 35.8 Å². The molecule has 4 heteroatoms. The number of aromatic nitrogens is 1. The van der Waals surface area contributed by atoms with Gasteiger partial charge in [0, 0.05) is 17.3 Å². The normalized spacial score (nSPS) is 9.69. The maximum atomic E-state index is 8.54. The molecule has 80 valence electrons. The standard InChI is InChI=1S/C12H11N3S/c13-6-5-10-1-3-11(4-2-10)15-9-12-14-7-8-16-12/h1-4,7-8,15H,5,9H2. The van der Waals surface area contributed by atoms with Crippen molar-refractivity contribution < 1.29 is 0 Å². The molecule has 0 radical (unpaired) electrons. The number of nitrogens with one attached hydrogen (secondary N) is 1. The number of hydrogen-bond donors (Lipinski definition) is 1. The Labute approximate surface area is 98.4 Å². The first-order chi connectivity index (χ1) is 7.88. The first kappa shape index (κ1) is 10.7. The highest BCUT2D eigenvalue weighted by molar-refractivity contribution is 7.09. The van der Waals surface area contributed by atoms with Gasteiger partial charge in [-0.15, -0.1) is 11.3 Å². The number of nitrogens with zero attached hydrogens (tertiary/aromatic N) is 2. The molecule has 0 aliphatic carbocycles. The molecule has 0 amide bonds. The van der Waals surface area contributed by atoms with Crippen LogP contribution < -0.4 is 5.32 Å². The van der Waals surface area contributed by atoms with Gasteiger partial charge in [-0.25, -0.2) is 4.98 Å². The predicted octanol–water partition coefficient (Wildman–Crippen LogP) is 2.82.